The first kappa shape index (κ1) is 13.9. The fourth-order valence-electron chi connectivity index (χ4n) is 2.47. The number of sulfonamides is 1. The third-order valence-corrected chi connectivity index (χ3v) is 5.43. The molecule has 3 rings (SSSR count). The van der Waals surface area contributed by atoms with E-state index < -0.39 is 10.0 Å². The van der Waals surface area contributed by atoms with E-state index in [2.05, 4.69) is 14.9 Å². The lowest BCUT2D eigenvalue weighted by molar-refractivity contribution is 0.384. The molecule has 7 nitrogen and oxygen atoms in total. The number of nitrogen functional groups attached to an aromatic ring is 1. The average molecular weight is 307 g/mol. The topological polar surface area (TPSA) is 95.3 Å². The summed E-state index contributed by atoms with van der Waals surface area (Å²) in [5.74, 6) is 0. The van der Waals surface area contributed by atoms with E-state index in [1.807, 2.05) is 24.3 Å². The summed E-state index contributed by atoms with van der Waals surface area (Å²) >= 11 is 0. The largest absolute Gasteiger partial charge is 0.397 e. The zero-order chi connectivity index (χ0) is 14.9. The summed E-state index contributed by atoms with van der Waals surface area (Å²) in [6.45, 7) is 2.08. The van der Waals surface area contributed by atoms with Crippen molar-refractivity contribution < 1.29 is 8.42 Å². The SMILES string of the molecule is Nc1ccccc1N1CCN(S(=O)(=O)c2cnc[nH]2)CC1. The molecule has 1 fully saturated rings. The van der Waals surface area contributed by atoms with Gasteiger partial charge in [0, 0.05) is 26.2 Å². The lowest BCUT2D eigenvalue weighted by atomic mass is 10.2. The number of benzene rings is 1. The maximum Gasteiger partial charge on any atom is 0.260 e. The fraction of sp³-hybridized carbons (Fsp3) is 0.308. The Labute approximate surface area is 123 Å². The van der Waals surface area contributed by atoms with Crippen LogP contribution in [0.2, 0.25) is 0 Å². The Bertz CT molecular complexity index is 706. The van der Waals surface area contributed by atoms with Crippen molar-refractivity contribution in [1.82, 2.24) is 14.3 Å². The van der Waals surface area contributed by atoms with Crippen LogP contribution in [0.3, 0.4) is 0 Å². The summed E-state index contributed by atoms with van der Waals surface area (Å²) in [6, 6.07) is 7.62. The molecule has 8 heteroatoms. The highest BCUT2D eigenvalue weighted by Crippen LogP contribution is 2.24. The third-order valence-electron chi connectivity index (χ3n) is 3.61. The van der Waals surface area contributed by atoms with Gasteiger partial charge in [0.15, 0.2) is 5.03 Å². The monoisotopic (exact) mass is 307 g/mol. The minimum Gasteiger partial charge on any atom is -0.397 e. The van der Waals surface area contributed by atoms with Gasteiger partial charge in [0.25, 0.3) is 10.0 Å². The zero-order valence-electron chi connectivity index (χ0n) is 11.4. The second kappa shape index (κ2) is 5.38. The quantitative estimate of drug-likeness (QED) is 0.805. The molecule has 1 saturated heterocycles. The summed E-state index contributed by atoms with van der Waals surface area (Å²) in [4.78, 5) is 8.53. The number of imidazole rings is 1. The van der Waals surface area contributed by atoms with Crippen LogP contribution in [0.4, 0.5) is 11.4 Å². The van der Waals surface area contributed by atoms with Crippen molar-refractivity contribution in [1.29, 1.82) is 0 Å². The fourth-order valence-corrected chi connectivity index (χ4v) is 3.79. The normalized spacial score (nSPS) is 17.0. The van der Waals surface area contributed by atoms with Crippen molar-refractivity contribution in [3.05, 3.63) is 36.8 Å². The predicted octanol–water partition coefficient (Wildman–Crippen LogP) is 0.503. The minimum absolute atomic E-state index is 0.134. The van der Waals surface area contributed by atoms with Crippen molar-refractivity contribution in [3.63, 3.8) is 0 Å². The molecule has 1 aliphatic heterocycles. The zero-order valence-corrected chi connectivity index (χ0v) is 12.3. The van der Waals surface area contributed by atoms with Crippen LogP contribution in [-0.4, -0.2) is 48.9 Å². The standard InChI is InChI=1S/C13H17N5O2S/c14-11-3-1-2-4-12(11)17-5-7-18(8-6-17)21(19,20)13-9-15-10-16-13/h1-4,9-10H,5-8,14H2,(H,15,16). The lowest BCUT2D eigenvalue weighted by Gasteiger charge is -2.35. The first-order valence-corrected chi connectivity index (χ1v) is 8.11. The first-order chi connectivity index (χ1) is 10.1. The van der Waals surface area contributed by atoms with Crippen LogP contribution in [0, 0.1) is 0 Å². The van der Waals surface area contributed by atoms with Crippen LogP contribution in [0.25, 0.3) is 0 Å². The van der Waals surface area contributed by atoms with Gasteiger partial charge in [-0.2, -0.15) is 4.31 Å². The highest BCUT2D eigenvalue weighted by molar-refractivity contribution is 7.89. The molecule has 0 atom stereocenters. The number of anilines is 2. The van der Waals surface area contributed by atoms with Crippen LogP contribution in [0.1, 0.15) is 0 Å². The van der Waals surface area contributed by atoms with Gasteiger partial charge in [-0.1, -0.05) is 12.1 Å². The summed E-state index contributed by atoms with van der Waals surface area (Å²) in [5.41, 5.74) is 7.63. The van der Waals surface area contributed by atoms with E-state index in [0.29, 0.717) is 31.9 Å². The summed E-state index contributed by atoms with van der Waals surface area (Å²) in [5, 5.41) is 0.134. The predicted molar refractivity (Wildman–Crippen MR) is 80.4 cm³/mol. The molecule has 21 heavy (non-hydrogen) atoms. The van der Waals surface area contributed by atoms with Gasteiger partial charge < -0.3 is 15.6 Å². The first-order valence-electron chi connectivity index (χ1n) is 6.67. The van der Waals surface area contributed by atoms with Gasteiger partial charge in [0.2, 0.25) is 0 Å². The Balaban J connectivity index is 1.73. The second-order valence-electron chi connectivity index (χ2n) is 4.87. The van der Waals surface area contributed by atoms with E-state index in [4.69, 9.17) is 5.73 Å². The van der Waals surface area contributed by atoms with Gasteiger partial charge in [0.05, 0.1) is 23.9 Å². The number of aromatic nitrogens is 2. The average Bonchev–Trinajstić information content (AvgIpc) is 3.03. The molecule has 0 aliphatic carbocycles. The Morgan fingerprint density at radius 1 is 1.14 bits per heavy atom. The maximum atomic E-state index is 12.4. The van der Waals surface area contributed by atoms with Crippen molar-refractivity contribution in [2.75, 3.05) is 36.8 Å². The molecule has 1 aromatic heterocycles. The summed E-state index contributed by atoms with van der Waals surface area (Å²) in [6.07, 6.45) is 2.70. The van der Waals surface area contributed by atoms with E-state index in [9.17, 15) is 8.42 Å². The molecular weight excluding hydrogens is 290 g/mol. The van der Waals surface area contributed by atoms with Crippen molar-refractivity contribution in [2.24, 2.45) is 0 Å². The molecule has 1 aromatic carbocycles. The van der Waals surface area contributed by atoms with Crippen molar-refractivity contribution >= 4 is 21.4 Å². The van der Waals surface area contributed by atoms with Gasteiger partial charge in [0.1, 0.15) is 0 Å². The number of para-hydroxylation sites is 2. The smallest absolute Gasteiger partial charge is 0.260 e. The molecule has 0 bridgehead atoms. The van der Waals surface area contributed by atoms with Gasteiger partial charge >= 0.3 is 0 Å². The number of hydrogen-bond acceptors (Lipinski definition) is 5. The van der Waals surface area contributed by atoms with Gasteiger partial charge in [-0.3, -0.25) is 0 Å². The number of nitrogens with one attached hydrogen (secondary N) is 1. The number of hydrogen-bond donors (Lipinski definition) is 2. The third kappa shape index (κ3) is 2.59. The van der Waals surface area contributed by atoms with Gasteiger partial charge in [-0.05, 0) is 12.1 Å². The highest BCUT2D eigenvalue weighted by Gasteiger charge is 2.29. The van der Waals surface area contributed by atoms with Gasteiger partial charge in [-0.25, -0.2) is 13.4 Å². The molecule has 0 saturated carbocycles. The van der Waals surface area contributed by atoms with Crippen LogP contribution in [-0.2, 0) is 10.0 Å². The summed E-state index contributed by atoms with van der Waals surface area (Å²) < 4.78 is 26.2. The Morgan fingerprint density at radius 3 is 2.48 bits per heavy atom. The van der Waals surface area contributed by atoms with Crippen LogP contribution in [0.15, 0.2) is 41.8 Å². The van der Waals surface area contributed by atoms with Crippen LogP contribution >= 0.6 is 0 Å². The van der Waals surface area contributed by atoms with Crippen LogP contribution in [0.5, 0.6) is 0 Å². The number of H-pyrrole nitrogens is 1. The number of rotatable bonds is 3. The van der Waals surface area contributed by atoms with E-state index in [1.165, 1.54) is 16.8 Å². The van der Waals surface area contributed by atoms with Crippen molar-refractivity contribution in [3.8, 4) is 0 Å². The molecule has 2 heterocycles. The van der Waals surface area contributed by atoms with Crippen LogP contribution < -0.4 is 10.6 Å². The Kier molecular flexibility index (Phi) is 3.56. The molecule has 0 amide bonds. The highest BCUT2D eigenvalue weighted by atomic mass is 32.2. The number of nitrogens with two attached hydrogens (primary N) is 1. The number of nitrogens with zero attached hydrogens (tertiary/aromatic N) is 3. The van der Waals surface area contributed by atoms with Gasteiger partial charge in [-0.15, -0.1) is 0 Å². The van der Waals surface area contributed by atoms with E-state index in [-0.39, 0.29) is 5.03 Å². The molecule has 0 unspecified atom stereocenters. The number of aromatic amines is 1. The molecular formula is C13H17N5O2S. The van der Waals surface area contributed by atoms with E-state index in [1.54, 1.807) is 0 Å². The molecule has 0 radical (unpaired) electrons. The molecule has 112 valence electrons. The molecule has 1 aliphatic rings. The summed E-state index contributed by atoms with van der Waals surface area (Å²) in [7, 11) is -3.48. The Morgan fingerprint density at radius 2 is 1.86 bits per heavy atom. The molecule has 3 N–H and O–H groups in total. The Hall–Kier alpha value is -2.06. The second-order valence-corrected chi connectivity index (χ2v) is 6.77. The molecule has 0 spiro atoms. The maximum absolute atomic E-state index is 12.4. The number of piperazine rings is 1. The van der Waals surface area contributed by atoms with E-state index >= 15 is 0 Å². The molecule has 2 aromatic rings. The van der Waals surface area contributed by atoms with Crippen molar-refractivity contribution in [2.45, 2.75) is 5.03 Å². The minimum atomic E-state index is -3.48. The lowest BCUT2D eigenvalue weighted by Crippen LogP contribution is -2.48. The van der Waals surface area contributed by atoms with E-state index in [0.717, 1.165) is 5.69 Å².